The van der Waals surface area contributed by atoms with Gasteiger partial charge in [0.05, 0.1) is 6.04 Å². The van der Waals surface area contributed by atoms with Gasteiger partial charge in [0.1, 0.15) is 12.6 Å². The van der Waals surface area contributed by atoms with E-state index in [4.69, 9.17) is 9.15 Å². The van der Waals surface area contributed by atoms with Crippen LogP contribution < -0.4 is 5.32 Å². The molecule has 3 aromatic rings. The van der Waals surface area contributed by atoms with Crippen LogP contribution in [0, 0.1) is 0 Å². The van der Waals surface area contributed by atoms with Crippen molar-refractivity contribution in [3.63, 3.8) is 0 Å². The van der Waals surface area contributed by atoms with Crippen molar-refractivity contribution in [1.82, 2.24) is 20.4 Å². The van der Waals surface area contributed by atoms with Crippen LogP contribution in [0.25, 0.3) is 11.5 Å². The summed E-state index contributed by atoms with van der Waals surface area (Å²) in [6, 6.07) is 10.7. The van der Waals surface area contributed by atoms with Crippen LogP contribution in [0.1, 0.15) is 53.1 Å². The quantitative estimate of drug-likeness (QED) is 0.456. The molecule has 1 aliphatic heterocycles. The van der Waals surface area contributed by atoms with Gasteiger partial charge in [-0.1, -0.05) is 36.4 Å². The van der Waals surface area contributed by atoms with Crippen LogP contribution in [-0.2, 0) is 17.9 Å². The highest BCUT2D eigenvalue weighted by Crippen LogP contribution is 2.39. The van der Waals surface area contributed by atoms with E-state index in [2.05, 4.69) is 15.5 Å². The molecule has 1 saturated carbocycles. The monoisotopic (exact) mass is 518 g/mol. The van der Waals surface area contributed by atoms with E-state index in [0.717, 1.165) is 0 Å². The number of nitrogens with one attached hydrogen (secondary N) is 1. The second kappa shape index (κ2) is 9.83. The fraction of sp³-hybridized carbons (Fsp3) is 0.360. The molecule has 194 valence electrons. The molecule has 1 aliphatic carbocycles. The number of nitrogens with zero attached hydrogens (tertiary/aromatic N) is 3. The van der Waals surface area contributed by atoms with E-state index in [1.54, 1.807) is 36.4 Å². The molecule has 1 aromatic heterocycles. The zero-order valence-electron chi connectivity index (χ0n) is 19.4. The normalized spacial score (nSPS) is 20.7. The number of carbonyl (C=O) groups excluding carboxylic acids is 2. The van der Waals surface area contributed by atoms with Crippen molar-refractivity contribution in [2.45, 2.75) is 56.8 Å². The Labute approximate surface area is 208 Å². The molecule has 1 N–H and O–H groups in total. The summed E-state index contributed by atoms with van der Waals surface area (Å²) < 4.78 is 65.7. The molecule has 2 heterocycles. The SMILES string of the molecule is O=C(N[C@H]1[C@H](N2Cc3ccc(-c4nnc(C(F)F)o4)cc3C2=O)CCCC1(F)F)OCc1ccccc1. The molecule has 2 amide bonds. The second-order valence-corrected chi connectivity index (χ2v) is 8.96. The fourth-order valence-electron chi connectivity index (χ4n) is 4.74. The Morgan fingerprint density at radius 1 is 1.19 bits per heavy atom. The Kier molecular flexibility index (Phi) is 6.57. The summed E-state index contributed by atoms with van der Waals surface area (Å²) >= 11 is 0. The summed E-state index contributed by atoms with van der Waals surface area (Å²) in [5.41, 5.74) is 1.74. The molecule has 37 heavy (non-hydrogen) atoms. The molecular weight excluding hydrogens is 496 g/mol. The summed E-state index contributed by atoms with van der Waals surface area (Å²) in [5, 5.41) is 9.17. The number of alkyl halides is 4. The molecule has 2 atom stereocenters. The first-order chi connectivity index (χ1) is 17.7. The highest BCUT2D eigenvalue weighted by molar-refractivity contribution is 5.99. The van der Waals surface area contributed by atoms with Gasteiger partial charge in [0.2, 0.25) is 5.89 Å². The number of hydrogen-bond acceptors (Lipinski definition) is 6. The first-order valence-corrected chi connectivity index (χ1v) is 11.6. The molecule has 0 saturated heterocycles. The third-order valence-corrected chi connectivity index (χ3v) is 6.55. The van der Waals surface area contributed by atoms with E-state index < -0.39 is 48.7 Å². The smallest absolute Gasteiger partial charge is 0.407 e. The van der Waals surface area contributed by atoms with E-state index >= 15 is 8.78 Å². The molecule has 12 heteroatoms. The van der Waals surface area contributed by atoms with Gasteiger partial charge in [-0.05, 0) is 36.1 Å². The maximum absolute atomic E-state index is 15.0. The highest BCUT2D eigenvalue weighted by Gasteiger charge is 2.52. The van der Waals surface area contributed by atoms with Gasteiger partial charge in [0.25, 0.3) is 17.7 Å². The lowest BCUT2D eigenvalue weighted by Crippen LogP contribution is -2.62. The minimum atomic E-state index is -3.26. The van der Waals surface area contributed by atoms with Gasteiger partial charge < -0.3 is 19.4 Å². The molecular formula is C25H22F4N4O4. The van der Waals surface area contributed by atoms with E-state index in [0.29, 0.717) is 11.1 Å². The molecule has 2 aliphatic rings. The van der Waals surface area contributed by atoms with Gasteiger partial charge in [0.15, 0.2) is 0 Å². The summed E-state index contributed by atoms with van der Waals surface area (Å²) in [7, 11) is 0. The van der Waals surface area contributed by atoms with Crippen molar-refractivity contribution in [2.24, 2.45) is 0 Å². The summed E-state index contributed by atoms with van der Waals surface area (Å²) in [5.74, 6) is -4.81. The van der Waals surface area contributed by atoms with E-state index in [9.17, 15) is 18.4 Å². The van der Waals surface area contributed by atoms with Crippen molar-refractivity contribution >= 4 is 12.0 Å². The van der Waals surface area contributed by atoms with E-state index in [-0.39, 0.29) is 43.0 Å². The Morgan fingerprint density at radius 3 is 2.70 bits per heavy atom. The van der Waals surface area contributed by atoms with Crippen LogP contribution in [-0.4, -0.2) is 45.1 Å². The first kappa shape index (κ1) is 24.7. The Bertz CT molecular complexity index is 1300. The Morgan fingerprint density at radius 2 is 1.97 bits per heavy atom. The predicted molar refractivity (Wildman–Crippen MR) is 121 cm³/mol. The summed E-state index contributed by atoms with van der Waals surface area (Å²) in [4.78, 5) is 27.0. The number of halogens is 4. The molecule has 0 bridgehead atoms. The summed E-state index contributed by atoms with van der Waals surface area (Å²) in [6.45, 7) is -0.0337. The number of rotatable bonds is 6. The lowest BCUT2D eigenvalue weighted by Gasteiger charge is -2.42. The predicted octanol–water partition coefficient (Wildman–Crippen LogP) is 5.11. The minimum Gasteiger partial charge on any atom is -0.445 e. The molecule has 0 radical (unpaired) electrons. The maximum Gasteiger partial charge on any atom is 0.407 e. The third-order valence-electron chi connectivity index (χ3n) is 6.55. The molecule has 8 nitrogen and oxygen atoms in total. The number of aromatic nitrogens is 2. The minimum absolute atomic E-state index is 0.0541. The van der Waals surface area contributed by atoms with Crippen LogP contribution in [0.5, 0.6) is 0 Å². The number of amides is 2. The van der Waals surface area contributed by atoms with Crippen molar-refractivity contribution in [2.75, 3.05) is 0 Å². The maximum atomic E-state index is 15.0. The van der Waals surface area contributed by atoms with Gasteiger partial charge in [-0.25, -0.2) is 13.6 Å². The highest BCUT2D eigenvalue weighted by atomic mass is 19.3. The zero-order chi connectivity index (χ0) is 26.2. The second-order valence-electron chi connectivity index (χ2n) is 8.96. The van der Waals surface area contributed by atoms with Crippen molar-refractivity contribution in [3.8, 4) is 11.5 Å². The third kappa shape index (κ3) is 5.00. The van der Waals surface area contributed by atoms with Crippen molar-refractivity contribution in [3.05, 3.63) is 71.1 Å². The van der Waals surface area contributed by atoms with Gasteiger partial charge in [-0.15, -0.1) is 10.2 Å². The zero-order valence-corrected chi connectivity index (χ0v) is 19.4. The average Bonchev–Trinajstić information content (AvgIpc) is 3.50. The van der Waals surface area contributed by atoms with Gasteiger partial charge in [0, 0.05) is 24.1 Å². The molecule has 5 rings (SSSR count). The van der Waals surface area contributed by atoms with Crippen molar-refractivity contribution in [1.29, 1.82) is 0 Å². The molecule has 2 aromatic carbocycles. The number of fused-ring (bicyclic) bond motifs is 1. The Hall–Kier alpha value is -3.96. The summed E-state index contributed by atoms with van der Waals surface area (Å²) in [6.07, 6.45) is -3.95. The van der Waals surface area contributed by atoms with Gasteiger partial charge in [-0.2, -0.15) is 8.78 Å². The van der Waals surface area contributed by atoms with Crippen LogP contribution in [0.15, 0.2) is 52.9 Å². The van der Waals surface area contributed by atoms with Crippen molar-refractivity contribution < 1.29 is 36.3 Å². The van der Waals surface area contributed by atoms with Crippen LogP contribution in [0.3, 0.4) is 0 Å². The van der Waals surface area contributed by atoms with Gasteiger partial charge in [-0.3, -0.25) is 4.79 Å². The van der Waals surface area contributed by atoms with Crippen LogP contribution in [0.2, 0.25) is 0 Å². The number of carbonyl (C=O) groups is 2. The Balaban J connectivity index is 1.33. The number of alkyl carbamates (subject to hydrolysis) is 1. The fourth-order valence-corrected chi connectivity index (χ4v) is 4.74. The topological polar surface area (TPSA) is 97.6 Å². The van der Waals surface area contributed by atoms with Gasteiger partial charge >= 0.3 is 12.5 Å². The molecule has 0 unspecified atom stereocenters. The van der Waals surface area contributed by atoms with Crippen LogP contribution >= 0.6 is 0 Å². The van der Waals surface area contributed by atoms with E-state index in [1.807, 2.05) is 0 Å². The number of ether oxygens (including phenoxy) is 1. The lowest BCUT2D eigenvalue weighted by molar-refractivity contribution is -0.0886. The molecule has 1 fully saturated rings. The lowest BCUT2D eigenvalue weighted by atomic mass is 9.86. The largest absolute Gasteiger partial charge is 0.445 e. The van der Waals surface area contributed by atoms with Crippen LogP contribution in [0.4, 0.5) is 22.4 Å². The number of hydrogen-bond donors (Lipinski definition) is 1. The average molecular weight is 518 g/mol. The number of benzene rings is 2. The van der Waals surface area contributed by atoms with E-state index in [1.165, 1.54) is 17.0 Å². The molecule has 0 spiro atoms. The standard InChI is InChI=1S/C25H22F4N4O4/c26-20(27)22-32-31-21(37-22)15-8-9-16-12-33(23(34)17(16)11-15)18-7-4-10-25(28,29)19(18)30-24(35)36-13-14-5-2-1-3-6-14/h1-3,5-6,8-9,11,18-20H,4,7,10,12-13H2,(H,30,35)/t18-,19+/m1/s1. The first-order valence-electron chi connectivity index (χ1n) is 11.6.